The Morgan fingerprint density at radius 2 is 2.13 bits per heavy atom. The minimum absolute atomic E-state index is 0.474. The van der Waals surface area contributed by atoms with Crippen molar-refractivity contribution in [2.45, 2.75) is 13.3 Å². The molecule has 0 amide bonds. The molecule has 15 heavy (non-hydrogen) atoms. The molecular weight excluding hydrogens is 190 g/mol. The van der Waals surface area contributed by atoms with Crippen LogP contribution in [0.15, 0.2) is 18.2 Å². The molecule has 0 radical (unpaired) electrons. The van der Waals surface area contributed by atoms with Gasteiger partial charge in [0, 0.05) is 7.11 Å². The van der Waals surface area contributed by atoms with Gasteiger partial charge in [0.1, 0.15) is 18.4 Å². The molecule has 0 aromatic heterocycles. The zero-order valence-corrected chi connectivity index (χ0v) is 9.12. The van der Waals surface area contributed by atoms with Crippen LogP contribution in [0.25, 0.3) is 0 Å². The molecule has 3 nitrogen and oxygen atoms in total. The molecule has 0 atom stereocenters. The van der Waals surface area contributed by atoms with Crippen molar-refractivity contribution in [3.63, 3.8) is 0 Å². The van der Waals surface area contributed by atoms with Crippen LogP contribution in [0.2, 0.25) is 0 Å². The molecule has 1 rings (SSSR count). The summed E-state index contributed by atoms with van der Waals surface area (Å²) in [6.07, 6.45) is 0.859. The average Bonchev–Trinajstić information content (AvgIpc) is 2.29. The van der Waals surface area contributed by atoms with Gasteiger partial charge in [0.05, 0.1) is 12.2 Å². The van der Waals surface area contributed by atoms with Gasteiger partial charge < -0.3 is 9.47 Å². The fourth-order valence-corrected chi connectivity index (χ4v) is 1.35. The number of ether oxygens (including phenoxy) is 2. The number of nitrogens with zero attached hydrogens (tertiary/aromatic N) is 1. The van der Waals surface area contributed by atoms with E-state index in [4.69, 9.17) is 14.7 Å². The highest BCUT2D eigenvalue weighted by Crippen LogP contribution is 2.23. The second-order valence-corrected chi connectivity index (χ2v) is 3.10. The van der Waals surface area contributed by atoms with E-state index in [1.54, 1.807) is 13.2 Å². The lowest BCUT2D eigenvalue weighted by atomic mass is 10.1. The molecule has 0 fully saturated rings. The number of benzene rings is 1. The van der Waals surface area contributed by atoms with Gasteiger partial charge in [0.25, 0.3) is 0 Å². The maximum atomic E-state index is 8.93. The van der Waals surface area contributed by atoms with Gasteiger partial charge in [0.2, 0.25) is 0 Å². The summed E-state index contributed by atoms with van der Waals surface area (Å²) in [5.74, 6) is 0.694. The molecule has 0 bridgehead atoms. The van der Waals surface area contributed by atoms with Gasteiger partial charge in [-0.05, 0) is 18.1 Å². The fraction of sp³-hybridized carbons (Fsp3) is 0.417. The Bertz CT molecular complexity index is 355. The summed E-state index contributed by atoms with van der Waals surface area (Å²) in [6.45, 7) is 3.05. The number of para-hydroxylation sites is 1. The standard InChI is InChI=1S/C12H15NO2/c1-3-10-5-4-6-11(9-13)12(10)15-8-7-14-2/h4-6H,3,7-8H2,1-2H3. The molecular formula is C12H15NO2. The Balaban J connectivity index is 2.86. The van der Waals surface area contributed by atoms with E-state index in [1.165, 1.54) is 0 Å². The first-order valence-corrected chi connectivity index (χ1v) is 4.97. The van der Waals surface area contributed by atoms with E-state index in [0.29, 0.717) is 24.5 Å². The summed E-state index contributed by atoms with van der Waals surface area (Å²) in [5.41, 5.74) is 1.65. The second-order valence-electron chi connectivity index (χ2n) is 3.10. The summed E-state index contributed by atoms with van der Waals surface area (Å²) >= 11 is 0. The Labute approximate surface area is 90.2 Å². The fourth-order valence-electron chi connectivity index (χ4n) is 1.35. The van der Waals surface area contributed by atoms with Crippen LogP contribution in [-0.2, 0) is 11.2 Å². The molecule has 1 aromatic carbocycles. The molecule has 0 aliphatic rings. The number of nitriles is 1. The lowest BCUT2D eigenvalue weighted by Gasteiger charge is -2.11. The van der Waals surface area contributed by atoms with E-state index in [1.807, 2.05) is 19.1 Å². The summed E-state index contributed by atoms with van der Waals surface area (Å²) < 4.78 is 10.4. The molecule has 1 aromatic rings. The van der Waals surface area contributed by atoms with E-state index in [-0.39, 0.29) is 0 Å². The van der Waals surface area contributed by atoms with Crippen LogP contribution < -0.4 is 4.74 Å². The molecule has 0 saturated heterocycles. The highest BCUT2D eigenvalue weighted by atomic mass is 16.5. The van der Waals surface area contributed by atoms with Gasteiger partial charge in [0.15, 0.2) is 0 Å². The molecule has 0 spiro atoms. The zero-order valence-electron chi connectivity index (χ0n) is 9.12. The highest BCUT2D eigenvalue weighted by Gasteiger charge is 2.07. The van der Waals surface area contributed by atoms with Crippen molar-refractivity contribution in [1.29, 1.82) is 5.26 Å². The van der Waals surface area contributed by atoms with Crippen molar-refractivity contribution in [2.24, 2.45) is 0 Å². The van der Waals surface area contributed by atoms with Gasteiger partial charge in [-0.25, -0.2) is 0 Å². The molecule has 0 heterocycles. The van der Waals surface area contributed by atoms with Crippen LogP contribution >= 0.6 is 0 Å². The smallest absolute Gasteiger partial charge is 0.140 e. The maximum absolute atomic E-state index is 8.93. The van der Waals surface area contributed by atoms with Crippen molar-refractivity contribution >= 4 is 0 Å². The summed E-state index contributed by atoms with van der Waals surface area (Å²) in [7, 11) is 1.63. The van der Waals surface area contributed by atoms with Crippen LogP contribution in [0.4, 0.5) is 0 Å². The van der Waals surface area contributed by atoms with E-state index >= 15 is 0 Å². The minimum Gasteiger partial charge on any atom is -0.490 e. The van der Waals surface area contributed by atoms with E-state index in [2.05, 4.69) is 6.07 Å². The van der Waals surface area contributed by atoms with Crippen LogP contribution in [0.1, 0.15) is 18.1 Å². The number of hydrogen-bond acceptors (Lipinski definition) is 3. The number of rotatable bonds is 5. The Morgan fingerprint density at radius 3 is 2.73 bits per heavy atom. The first-order chi connectivity index (χ1) is 7.33. The molecule has 3 heteroatoms. The van der Waals surface area contributed by atoms with E-state index in [0.717, 1.165) is 12.0 Å². The van der Waals surface area contributed by atoms with E-state index in [9.17, 15) is 0 Å². The third-order valence-electron chi connectivity index (χ3n) is 2.13. The first-order valence-electron chi connectivity index (χ1n) is 4.97. The van der Waals surface area contributed by atoms with Gasteiger partial charge in [-0.15, -0.1) is 0 Å². The van der Waals surface area contributed by atoms with Crippen LogP contribution in [0, 0.1) is 11.3 Å². The Kier molecular flexibility index (Phi) is 4.65. The number of hydrogen-bond donors (Lipinski definition) is 0. The van der Waals surface area contributed by atoms with Gasteiger partial charge in [-0.2, -0.15) is 5.26 Å². The van der Waals surface area contributed by atoms with Gasteiger partial charge in [-0.1, -0.05) is 19.1 Å². The third kappa shape index (κ3) is 2.97. The molecule has 0 N–H and O–H groups in total. The molecule has 0 aliphatic heterocycles. The minimum atomic E-state index is 0.474. The van der Waals surface area contributed by atoms with E-state index < -0.39 is 0 Å². The lowest BCUT2D eigenvalue weighted by molar-refractivity contribution is 0.145. The Morgan fingerprint density at radius 1 is 1.33 bits per heavy atom. The monoisotopic (exact) mass is 205 g/mol. The van der Waals surface area contributed by atoms with Crippen LogP contribution in [0.5, 0.6) is 5.75 Å². The molecule has 0 unspecified atom stereocenters. The number of aryl methyl sites for hydroxylation is 1. The van der Waals surface area contributed by atoms with Crippen molar-refractivity contribution in [3.05, 3.63) is 29.3 Å². The summed E-state index contributed by atoms with van der Waals surface area (Å²) in [5, 5.41) is 8.93. The maximum Gasteiger partial charge on any atom is 0.140 e. The number of methoxy groups -OCH3 is 1. The second kappa shape index (κ2) is 6.05. The quantitative estimate of drug-likeness (QED) is 0.692. The van der Waals surface area contributed by atoms with Crippen LogP contribution in [0.3, 0.4) is 0 Å². The average molecular weight is 205 g/mol. The van der Waals surface area contributed by atoms with Crippen molar-refractivity contribution < 1.29 is 9.47 Å². The van der Waals surface area contributed by atoms with Crippen molar-refractivity contribution in [1.82, 2.24) is 0 Å². The summed E-state index contributed by atoms with van der Waals surface area (Å²) in [4.78, 5) is 0. The molecule has 80 valence electrons. The Hall–Kier alpha value is -1.53. The molecule has 0 saturated carbocycles. The third-order valence-corrected chi connectivity index (χ3v) is 2.13. The van der Waals surface area contributed by atoms with Crippen molar-refractivity contribution in [2.75, 3.05) is 20.3 Å². The SMILES string of the molecule is CCc1cccc(C#N)c1OCCOC. The predicted octanol–water partition coefficient (Wildman–Crippen LogP) is 2.15. The molecule has 0 aliphatic carbocycles. The normalized spacial score (nSPS) is 9.67. The summed E-state index contributed by atoms with van der Waals surface area (Å²) in [6, 6.07) is 7.75. The van der Waals surface area contributed by atoms with Gasteiger partial charge in [-0.3, -0.25) is 0 Å². The van der Waals surface area contributed by atoms with Crippen molar-refractivity contribution in [3.8, 4) is 11.8 Å². The highest BCUT2D eigenvalue weighted by molar-refractivity contribution is 5.48. The van der Waals surface area contributed by atoms with Gasteiger partial charge >= 0.3 is 0 Å². The topological polar surface area (TPSA) is 42.2 Å². The lowest BCUT2D eigenvalue weighted by Crippen LogP contribution is -2.07. The zero-order chi connectivity index (χ0) is 11.1. The first kappa shape index (κ1) is 11.5. The predicted molar refractivity (Wildman–Crippen MR) is 57.9 cm³/mol. The van der Waals surface area contributed by atoms with Crippen LogP contribution in [-0.4, -0.2) is 20.3 Å². The largest absolute Gasteiger partial charge is 0.490 e.